The Labute approximate surface area is 140 Å². The maximum Gasteiger partial charge on any atom is 0.191 e. The number of pyridine rings is 1. The second-order valence-electron chi connectivity index (χ2n) is 5.59. The van der Waals surface area contributed by atoms with Crippen molar-refractivity contribution in [1.29, 1.82) is 0 Å². The molecule has 5 nitrogen and oxygen atoms in total. The van der Waals surface area contributed by atoms with E-state index in [1.54, 1.807) is 0 Å². The molecule has 0 saturated carbocycles. The molecule has 0 aliphatic rings. The lowest BCUT2D eigenvalue weighted by atomic mass is 10.0. The number of hydrogen-bond acceptors (Lipinski definition) is 3. The Bertz CT molecular complexity index is 938. The van der Waals surface area contributed by atoms with Crippen molar-refractivity contribution in [3.05, 3.63) is 77.5 Å². The van der Waals surface area contributed by atoms with Crippen LogP contribution in [0, 0.1) is 6.92 Å². The summed E-state index contributed by atoms with van der Waals surface area (Å²) in [5, 5.41) is 1.02. The summed E-state index contributed by atoms with van der Waals surface area (Å²) in [7, 11) is 0. The Morgan fingerprint density at radius 2 is 1.67 bits per heavy atom. The van der Waals surface area contributed by atoms with Crippen LogP contribution in [0.3, 0.4) is 0 Å². The van der Waals surface area contributed by atoms with Gasteiger partial charge in [0.1, 0.15) is 0 Å². The largest absolute Gasteiger partial charge is 0.396 e. The fourth-order valence-electron chi connectivity index (χ4n) is 2.55. The van der Waals surface area contributed by atoms with Crippen molar-refractivity contribution in [1.82, 2.24) is 4.98 Å². The summed E-state index contributed by atoms with van der Waals surface area (Å²) in [6, 6.07) is 17.5. The molecule has 0 aliphatic carbocycles. The van der Waals surface area contributed by atoms with Crippen LogP contribution in [0.25, 0.3) is 22.3 Å². The first-order chi connectivity index (χ1) is 11.5. The van der Waals surface area contributed by atoms with Gasteiger partial charge in [0.25, 0.3) is 0 Å². The van der Waals surface area contributed by atoms with Crippen LogP contribution in [-0.2, 0) is 0 Å². The Morgan fingerprint density at radius 1 is 0.917 bits per heavy atom. The van der Waals surface area contributed by atoms with Gasteiger partial charge < -0.3 is 17.2 Å². The molecule has 2 aromatic carbocycles. The normalized spacial score (nSPS) is 11.9. The van der Waals surface area contributed by atoms with Gasteiger partial charge in [-0.15, -0.1) is 0 Å². The minimum Gasteiger partial charge on any atom is -0.396 e. The molecule has 5 heteroatoms. The summed E-state index contributed by atoms with van der Waals surface area (Å²) in [5.41, 5.74) is 22.3. The summed E-state index contributed by atoms with van der Waals surface area (Å²) in [4.78, 5) is 8.64. The van der Waals surface area contributed by atoms with E-state index in [9.17, 15) is 0 Å². The van der Waals surface area contributed by atoms with Gasteiger partial charge in [0, 0.05) is 22.7 Å². The van der Waals surface area contributed by atoms with Crippen molar-refractivity contribution >= 4 is 28.3 Å². The number of benzene rings is 2. The van der Waals surface area contributed by atoms with E-state index in [1.807, 2.05) is 61.7 Å². The van der Waals surface area contributed by atoms with Crippen LogP contribution in [0.4, 0.5) is 0 Å². The van der Waals surface area contributed by atoms with E-state index < -0.39 is 0 Å². The molecule has 0 saturated heterocycles. The maximum absolute atomic E-state index is 6.39. The van der Waals surface area contributed by atoms with E-state index in [2.05, 4.69) is 16.0 Å². The monoisotopic (exact) mass is 317 g/mol. The van der Waals surface area contributed by atoms with Gasteiger partial charge in [0.15, 0.2) is 5.96 Å². The van der Waals surface area contributed by atoms with Crippen LogP contribution in [0.15, 0.2) is 65.8 Å². The summed E-state index contributed by atoms with van der Waals surface area (Å²) < 4.78 is 0. The molecule has 120 valence electrons. The van der Waals surface area contributed by atoms with Crippen molar-refractivity contribution in [2.75, 3.05) is 0 Å². The van der Waals surface area contributed by atoms with Gasteiger partial charge in [-0.1, -0.05) is 36.4 Å². The number of hydrogen-bond donors (Lipinski definition) is 3. The fourth-order valence-corrected chi connectivity index (χ4v) is 2.55. The SMILES string of the molecule is Cc1cnc2ccc(/C(N)=C(/N=C(N)N)c3ccccc3)cc2c1. The average Bonchev–Trinajstić information content (AvgIpc) is 2.59. The van der Waals surface area contributed by atoms with E-state index in [1.165, 1.54) is 0 Å². The topological polar surface area (TPSA) is 103 Å². The van der Waals surface area contributed by atoms with Gasteiger partial charge in [-0.25, -0.2) is 4.99 Å². The van der Waals surface area contributed by atoms with Crippen molar-refractivity contribution < 1.29 is 0 Å². The second kappa shape index (κ2) is 6.42. The van der Waals surface area contributed by atoms with Gasteiger partial charge in [-0.3, -0.25) is 4.98 Å². The number of guanidine groups is 1. The van der Waals surface area contributed by atoms with Crippen molar-refractivity contribution in [3.8, 4) is 0 Å². The fraction of sp³-hybridized carbons (Fsp3) is 0.0526. The van der Waals surface area contributed by atoms with Gasteiger partial charge in [0.2, 0.25) is 0 Å². The minimum absolute atomic E-state index is 0.0323. The Balaban J connectivity index is 2.20. The van der Waals surface area contributed by atoms with Crippen LogP contribution in [0.1, 0.15) is 16.7 Å². The molecule has 0 atom stereocenters. The number of nitrogens with two attached hydrogens (primary N) is 3. The van der Waals surface area contributed by atoms with Gasteiger partial charge in [-0.2, -0.15) is 0 Å². The first kappa shape index (κ1) is 15.6. The van der Waals surface area contributed by atoms with E-state index >= 15 is 0 Å². The number of aliphatic imine (C=N–C) groups is 1. The van der Waals surface area contributed by atoms with Gasteiger partial charge in [-0.05, 0) is 30.7 Å². The lowest BCUT2D eigenvalue weighted by Gasteiger charge is -2.10. The number of rotatable bonds is 3. The zero-order chi connectivity index (χ0) is 17.1. The van der Waals surface area contributed by atoms with Crippen molar-refractivity contribution in [2.24, 2.45) is 22.2 Å². The van der Waals surface area contributed by atoms with Gasteiger partial charge in [0.05, 0.1) is 16.9 Å². The van der Waals surface area contributed by atoms with Crippen LogP contribution in [0.5, 0.6) is 0 Å². The molecule has 3 aromatic rings. The maximum atomic E-state index is 6.39. The lowest BCUT2D eigenvalue weighted by molar-refractivity contribution is 1.33. The highest BCUT2D eigenvalue weighted by atomic mass is 15.0. The van der Waals surface area contributed by atoms with Gasteiger partial charge >= 0.3 is 0 Å². The highest BCUT2D eigenvalue weighted by Crippen LogP contribution is 2.26. The number of nitrogens with zero attached hydrogens (tertiary/aromatic N) is 2. The summed E-state index contributed by atoms with van der Waals surface area (Å²) in [6.45, 7) is 2.01. The van der Waals surface area contributed by atoms with Crippen LogP contribution < -0.4 is 17.2 Å². The molecule has 1 heterocycles. The first-order valence-corrected chi connectivity index (χ1v) is 7.56. The Morgan fingerprint density at radius 3 is 2.38 bits per heavy atom. The predicted molar refractivity (Wildman–Crippen MR) is 99.7 cm³/mol. The Hall–Kier alpha value is -3.34. The predicted octanol–water partition coefficient (Wildman–Crippen LogP) is 2.60. The number of fused-ring (bicyclic) bond motifs is 1. The van der Waals surface area contributed by atoms with Crippen LogP contribution >= 0.6 is 0 Å². The standard InChI is InChI=1S/C19H19N5/c1-12-9-15-10-14(7-8-16(15)23-11-12)17(20)18(24-19(21)22)13-5-3-2-4-6-13/h2-11H,20H2,1H3,(H4,21,22,24)/b18-17-. The zero-order valence-corrected chi connectivity index (χ0v) is 13.4. The van der Waals surface area contributed by atoms with E-state index in [0.29, 0.717) is 11.4 Å². The average molecular weight is 317 g/mol. The molecule has 0 spiro atoms. The summed E-state index contributed by atoms with van der Waals surface area (Å²) in [5.74, 6) is -0.0323. The molecule has 0 amide bonds. The second-order valence-corrected chi connectivity index (χ2v) is 5.59. The molecule has 0 unspecified atom stereocenters. The van der Waals surface area contributed by atoms with E-state index in [-0.39, 0.29) is 5.96 Å². The smallest absolute Gasteiger partial charge is 0.191 e. The minimum atomic E-state index is -0.0323. The summed E-state index contributed by atoms with van der Waals surface area (Å²) in [6.07, 6.45) is 1.84. The third kappa shape index (κ3) is 3.20. The molecule has 3 rings (SSSR count). The molecule has 0 aliphatic heterocycles. The first-order valence-electron chi connectivity index (χ1n) is 7.56. The quantitative estimate of drug-likeness (QED) is 0.392. The lowest BCUT2D eigenvalue weighted by Crippen LogP contribution is -2.23. The molecule has 0 bridgehead atoms. The number of aromatic nitrogens is 1. The van der Waals surface area contributed by atoms with E-state index in [0.717, 1.165) is 27.6 Å². The molecule has 0 radical (unpaired) electrons. The number of aryl methyl sites for hydroxylation is 1. The van der Waals surface area contributed by atoms with E-state index in [4.69, 9.17) is 17.2 Å². The van der Waals surface area contributed by atoms with Crippen molar-refractivity contribution in [2.45, 2.75) is 6.92 Å². The molecule has 6 N–H and O–H groups in total. The third-order valence-corrected chi connectivity index (χ3v) is 3.67. The molecule has 1 aromatic heterocycles. The Kier molecular flexibility index (Phi) is 4.16. The zero-order valence-electron chi connectivity index (χ0n) is 13.4. The molecule has 0 fully saturated rings. The van der Waals surface area contributed by atoms with Crippen LogP contribution in [-0.4, -0.2) is 10.9 Å². The van der Waals surface area contributed by atoms with Crippen molar-refractivity contribution in [3.63, 3.8) is 0 Å². The highest BCUT2D eigenvalue weighted by Gasteiger charge is 2.09. The summed E-state index contributed by atoms with van der Waals surface area (Å²) >= 11 is 0. The molecular weight excluding hydrogens is 298 g/mol. The highest BCUT2D eigenvalue weighted by molar-refractivity contribution is 5.96. The third-order valence-electron chi connectivity index (χ3n) is 3.67. The molecule has 24 heavy (non-hydrogen) atoms. The molecular formula is C19H19N5. The van der Waals surface area contributed by atoms with Crippen LogP contribution in [0.2, 0.25) is 0 Å².